The Hall–Kier alpha value is -2.83. The molecule has 1 aromatic heterocycles. The molecule has 0 spiro atoms. The Morgan fingerprint density at radius 2 is 2.10 bits per heavy atom. The number of carboxylic acids is 1. The van der Waals surface area contributed by atoms with E-state index in [1.165, 1.54) is 0 Å². The van der Waals surface area contributed by atoms with Gasteiger partial charge >= 0.3 is 5.97 Å². The lowest BCUT2D eigenvalue weighted by Crippen LogP contribution is -2.31. The molecule has 6 N–H and O–H groups in total. The average Bonchev–Trinajstić information content (AvgIpc) is 2.42. The third-order valence-corrected chi connectivity index (χ3v) is 3.08. The summed E-state index contributed by atoms with van der Waals surface area (Å²) in [6, 6.07) is 6.12. The molecule has 0 aliphatic heterocycles. The second-order valence-electron chi connectivity index (χ2n) is 4.68. The van der Waals surface area contributed by atoms with Crippen molar-refractivity contribution < 1.29 is 14.7 Å². The summed E-state index contributed by atoms with van der Waals surface area (Å²) in [6.45, 7) is 0. The molecule has 0 bridgehead atoms. The Balaban J connectivity index is 2.28. The topological polar surface area (TPSA) is 131 Å². The van der Waals surface area contributed by atoms with Crippen molar-refractivity contribution in [3.63, 3.8) is 0 Å². The number of nitrogens with one attached hydrogen (secondary N) is 1. The number of anilines is 2. The van der Waals surface area contributed by atoms with Gasteiger partial charge in [-0.3, -0.25) is 4.79 Å². The van der Waals surface area contributed by atoms with Crippen LogP contribution in [0.1, 0.15) is 12.8 Å². The number of aromatic nitrogens is 1. The van der Waals surface area contributed by atoms with E-state index in [2.05, 4.69) is 10.3 Å². The van der Waals surface area contributed by atoms with Gasteiger partial charge in [0.15, 0.2) is 0 Å². The normalized spacial score (nSPS) is 12.0. The molecule has 7 nitrogen and oxygen atoms in total. The maximum atomic E-state index is 11.2. The highest BCUT2D eigenvalue weighted by Gasteiger charge is 2.19. The van der Waals surface area contributed by atoms with Gasteiger partial charge in [-0.25, -0.2) is 9.78 Å². The van der Waals surface area contributed by atoms with E-state index in [0.717, 1.165) is 10.8 Å². The monoisotopic (exact) mass is 288 g/mol. The van der Waals surface area contributed by atoms with Gasteiger partial charge < -0.3 is 21.9 Å². The Bertz CT molecular complexity index is 687. The van der Waals surface area contributed by atoms with Crippen molar-refractivity contribution in [3.8, 4) is 0 Å². The molecule has 2 aromatic rings. The molecule has 0 aliphatic carbocycles. The van der Waals surface area contributed by atoms with Crippen LogP contribution >= 0.6 is 0 Å². The van der Waals surface area contributed by atoms with Crippen molar-refractivity contribution in [1.82, 2.24) is 4.98 Å². The van der Waals surface area contributed by atoms with Crippen molar-refractivity contribution in [2.24, 2.45) is 5.73 Å². The van der Waals surface area contributed by atoms with Gasteiger partial charge in [-0.2, -0.15) is 0 Å². The maximum absolute atomic E-state index is 11.2. The number of fused-ring (bicyclic) bond motifs is 1. The zero-order valence-corrected chi connectivity index (χ0v) is 11.2. The zero-order chi connectivity index (χ0) is 15.4. The van der Waals surface area contributed by atoms with E-state index < -0.39 is 17.9 Å². The summed E-state index contributed by atoms with van der Waals surface area (Å²) in [5.41, 5.74) is 11.4. The first-order chi connectivity index (χ1) is 9.97. The van der Waals surface area contributed by atoms with Gasteiger partial charge in [0, 0.05) is 23.7 Å². The van der Waals surface area contributed by atoms with E-state index in [1.54, 1.807) is 30.5 Å². The molecule has 1 aromatic carbocycles. The first-order valence-corrected chi connectivity index (χ1v) is 6.39. The van der Waals surface area contributed by atoms with Crippen molar-refractivity contribution in [3.05, 3.63) is 30.5 Å². The lowest BCUT2D eigenvalue weighted by Gasteiger charge is -2.16. The quantitative estimate of drug-likeness (QED) is 0.585. The highest BCUT2D eigenvalue weighted by molar-refractivity contribution is 5.94. The molecule has 0 saturated carbocycles. The van der Waals surface area contributed by atoms with Crippen LogP contribution in [0.2, 0.25) is 0 Å². The Morgan fingerprint density at radius 3 is 2.76 bits per heavy atom. The lowest BCUT2D eigenvalue weighted by atomic mass is 10.1. The number of carbonyl (C=O) groups excluding carboxylic acids is 1. The minimum Gasteiger partial charge on any atom is -0.480 e. The van der Waals surface area contributed by atoms with Gasteiger partial charge in [0.1, 0.15) is 11.9 Å². The van der Waals surface area contributed by atoms with E-state index in [0.29, 0.717) is 11.5 Å². The van der Waals surface area contributed by atoms with Crippen molar-refractivity contribution in [2.75, 3.05) is 11.1 Å². The van der Waals surface area contributed by atoms with Crippen LogP contribution in [0.25, 0.3) is 10.8 Å². The molecule has 21 heavy (non-hydrogen) atoms. The van der Waals surface area contributed by atoms with Gasteiger partial charge in [0.05, 0.1) is 0 Å². The largest absolute Gasteiger partial charge is 0.480 e. The standard InChI is InChI=1S/C14H16N4O3/c15-9-1-2-10-8(7-9)5-6-17-13(10)18-11(14(20)21)3-4-12(16)19/h1-2,5-7,11H,3-4,15H2,(H2,16,19)(H,17,18)(H,20,21). The van der Waals surface area contributed by atoms with Crippen LogP contribution in [-0.4, -0.2) is 28.0 Å². The molecule has 0 fully saturated rings. The number of aliphatic carboxylic acids is 1. The van der Waals surface area contributed by atoms with Gasteiger partial charge in [-0.1, -0.05) is 0 Å². The molecular formula is C14H16N4O3. The molecule has 1 unspecified atom stereocenters. The second kappa shape index (κ2) is 6.08. The number of nitrogen functional groups attached to an aromatic ring is 1. The van der Waals surface area contributed by atoms with E-state index in [4.69, 9.17) is 11.5 Å². The number of pyridine rings is 1. The summed E-state index contributed by atoms with van der Waals surface area (Å²) in [7, 11) is 0. The number of nitrogens with two attached hydrogens (primary N) is 2. The molecule has 110 valence electrons. The van der Waals surface area contributed by atoms with Crippen LogP contribution < -0.4 is 16.8 Å². The van der Waals surface area contributed by atoms with Gasteiger partial charge in [-0.05, 0) is 36.1 Å². The number of hydrogen-bond donors (Lipinski definition) is 4. The molecule has 1 heterocycles. The number of carbonyl (C=O) groups is 2. The van der Waals surface area contributed by atoms with Gasteiger partial charge in [-0.15, -0.1) is 0 Å². The van der Waals surface area contributed by atoms with E-state index >= 15 is 0 Å². The third kappa shape index (κ3) is 3.59. The summed E-state index contributed by atoms with van der Waals surface area (Å²) < 4.78 is 0. The van der Waals surface area contributed by atoms with Gasteiger partial charge in [0.2, 0.25) is 5.91 Å². The van der Waals surface area contributed by atoms with Gasteiger partial charge in [0.25, 0.3) is 0 Å². The highest BCUT2D eigenvalue weighted by Crippen LogP contribution is 2.24. The lowest BCUT2D eigenvalue weighted by molar-refractivity contribution is -0.138. The first kappa shape index (κ1) is 14.6. The minimum absolute atomic E-state index is 0.0122. The predicted molar refractivity (Wildman–Crippen MR) is 79.6 cm³/mol. The SMILES string of the molecule is NC(=O)CCC(Nc1nccc2cc(N)ccc12)C(=O)O. The first-order valence-electron chi connectivity index (χ1n) is 6.39. The summed E-state index contributed by atoms with van der Waals surface area (Å²) in [4.78, 5) is 26.2. The zero-order valence-electron chi connectivity index (χ0n) is 11.2. The smallest absolute Gasteiger partial charge is 0.326 e. The van der Waals surface area contributed by atoms with Crippen LogP contribution in [0.3, 0.4) is 0 Å². The van der Waals surface area contributed by atoms with Crippen LogP contribution in [0.5, 0.6) is 0 Å². The number of benzene rings is 1. The summed E-state index contributed by atoms with van der Waals surface area (Å²) in [5, 5.41) is 13.7. The predicted octanol–water partition coefficient (Wildman–Crippen LogP) is 0.948. The van der Waals surface area contributed by atoms with Crippen LogP contribution in [0.4, 0.5) is 11.5 Å². The number of rotatable bonds is 6. The Morgan fingerprint density at radius 1 is 1.33 bits per heavy atom. The molecular weight excluding hydrogens is 272 g/mol. The summed E-state index contributed by atoms with van der Waals surface area (Å²) >= 11 is 0. The van der Waals surface area contributed by atoms with E-state index in [9.17, 15) is 14.7 Å². The van der Waals surface area contributed by atoms with Crippen LogP contribution in [0, 0.1) is 0 Å². The molecule has 2 rings (SSSR count). The average molecular weight is 288 g/mol. The van der Waals surface area contributed by atoms with Crippen molar-refractivity contribution in [2.45, 2.75) is 18.9 Å². The fraction of sp³-hybridized carbons (Fsp3) is 0.214. The minimum atomic E-state index is -1.06. The molecule has 7 heteroatoms. The number of primary amides is 1. The molecule has 1 atom stereocenters. The van der Waals surface area contributed by atoms with Crippen LogP contribution in [0.15, 0.2) is 30.5 Å². The molecule has 0 saturated heterocycles. The number of carboxylic acid groups (broad SMARTS) is 1. The number of amides is 1. The Labute approximate surface area is 121 Å². The molecule has 0 aliphatic rings. The summed E-state index contributed by atoms with van der Waals surface area (Å²) in [6.07, 6.45) is 1.65. The van der Waals surface area contributed by atoms with Crippen molar-refractivity contribution in [1.29, 1.82) is 0 Å². The maximum Gasteiger partial charge on any atom is 0.326 e. The third-order valence-electron chi connectivity index (χ3n) is 3.08. The summed E-state index contributed by atoms with van der Waals surface area (Å²) in [5.74, 6) is -1.17. The highest BCUT2D eigenvalue weighted by atomic mass is 16.4. The van der Waals surface area contributed by atoms with Crippen molar-refractivity contribution >= 4 is 34.2 Å². The van der Waals surface area contributed by atoms with Crippen LogP contribution in [-0.2, 0) is 9.59 Å². The number of nitrogens with zero attached hydrogens (tertiary/aromatic N) is 1. The fourth-order valence-corrected chi connectivity index (χ4v) is 2.02. The van der Waals surface area contributed by atoms with E-state index in [1.807, 2.05) is 0 Å². The molecule has 1 amide bonds. The second-order valence-corrected chi connectivity index (χ2v) is 4.68. The van der Waals surface area contributed by atoms with E-state index in [-0.39, 0.29) is 12.8 Å². The fourth-order valence-electron chi connectivity index (χ4n) is 2.02. The number of hydrogen-bond acceptors (Lipinski definition) is 5. The molecule has 0 radical (unpaired) electrons. The Kier molecular flexibility index (Phi) is 4.22.